The van der Waals surface area contributed by atoms with Gasteiger partial charge >= 0.3 is 5.97 Å². The van der Waals surface area contributed by atoms with Gasteiger partial charge < -0.3 is 9.84 Å². The number of aryl methyl sites for hydroxylation is 2. The molecule has 0 bridgehead atoms. The maximum absolute atomic E-state index is 11.9. The van der Waals surface area contributed by atoms with Crippen molar-refractivity contribution in [1.82, 2.24) is 14.7 Å². The maximum atomic E-state index is 11.9. The summed E-state index contributed by atoms with van der Waals surface area (Å²) in [6.45, 7) is 7.16. The third-order valence-electron chi connectivity index (χ3n) is 5.73. The molecule has 1 aromatic carbocycles. The monoisotopic (exact) mass is 355 g/mol. The van der Waals surface area contributed by atoms with Crippen molar-refractivity contribution in [2.75, 3.05) is 26.3 Å². The van der Waals surface area contributed by atoms with Crippen LogP contribution in [0.15, 0.2) is 30.3 Å². The maximum Gasteiger partial charge on any atom is 0.313 e. The molecule has 0 unspecified atom stereocenters. The number of rotatable bonds is 4. The molecule has 6 nitrogen and oxygen atoms in total. The largest absolute Gasteiger partial charge is 0.481 e. The first-order valence-corrected chi connectivity index (χ1v) is 9.14. The molecule has 2 saturated heterocycles. The summed E-state index contributed by atoms with van der Waals surface area (Å²) in [6, 6.07) is 10.4. The fraction of sp³-hybridized carbons (Fsp3) is 0.500. The third kappa shape index (κ3) is 2.93. The van der Waals surface area contributed by atoms with Crippen LogP contribution in [0.4, 0.5) is 0 Å². The van der Waals surface area contributed by atoms with Crippen molar-refractivity contribution in [3.63, 3.8) is 0 Å². The zero-order valence-corrected chi connectivity index (χ0v) is 15.3. The van der Waals surface area contributed by atoms with Crippen LogP contribution in [0.1, 0.15) is 23.4 Å². The van der Waals surface area contributed by atoms with Gasteiger partial charge in [-0.15, -0.1) is 0 Å². The van der Waals surface area contributed by atoms with E-state index < -0.39 is 11.4 Å². The second-order valence-corrected chi connectivity index (χ2v) is 7.68. The highest BCUT2D eigenvalue weighted by atomic mass is 16.5. The second kappa shape index (κ2) is 6.52. The molecule has 2 aliphatic heterocycles. The third-order valence-corrected chi connectivity index (χ3v) is 5.73. The van der Waals surface area contributed by atoms with Crippen LogP contribution < -0.4 is 0 Å². The number of carbonyl (C=O) groups is 1. The fourth-order valence-corrected chi connectivity index (χ4v) is 4.45. The average molecular weight is 355 g/mol. The van der Waals surface area contributed by atoms with Gasteiger partial charge in [-0.3, -0.25) is 9.69 Å². The van der Waals surface area contributed by atoms with Gasteiger partial charge in [-0.2, -0.15) is 5.10 Å². The van der Waals surface area contributed by atoms with E-state index in [0.717, 1.165) is 36.6 Å². The zero-order valence-electron chi connectivity index (χ0n) is 15.3. The van der Waals surface area contributed by atoms with E-state index in [1.54, 1.807) is 0 Å². The van der Waals surface area contributed by atoms with Crippen LogP contribution >= 0.6 is 0 Å². The van der Waals surface area contributed by atoms with Crippen LogP contribution in [0.5, 0.6) is 0 Å². The SMILES string of the molecule is Cc1cc(C)n(-c2cccc(CN3C[C@@H]4CCOC[C@]4(C(=O)O)C3)c2)n1. The van der Waals surface area contributed by atoms with E-state index in [2.05, 4.69) is 41.2 Å². The molecule has 0 spiro atoms. The molecule has 0 amide bonds. The number of hydrogen-bond donors (Lipinski definition) is 1. The summed E-state index contributed by atoms with van der Waals surface area (Å²) >= 11 is 0. The first kappa shape index (κ1) is 17.2. The number of likely N-dealkylation sites (tertiary alicyclic amines) is 1. The standard InChI is InChI=1S/C20H25N3O3/c1-14-8-15(2)23(21-14)18-5-3-4-16(9-18)10-22-11-17-6-7-26-13-20(17,12-22)19(24)25/h3-5,8-9,17H,6-7,10-13H2,1-2H3,(H,24,25)/t17-,20+/m0/s1. The summed E-state index contributed by atoms with van der Waals surface area (Å²) in [5, 5.41) is 14.3. The molecular formula is C20H25N3O3. The lowest BCUT2D eigenvalue weighted by Gasteiger charge is -2.34. The molecule has 2 atom stereocenters. The lowest BCUT2D eigenvalue weighted by Crippen LogP contribution is -2.46. The highest BCUT2D eigenvalue weighted by Crippen LogP contribution is 2.42. The van der Waals surface area contributed by atoms with Gasteiger partial charge in [0.05, 0.1) is 18.0 Å². The van der Waals surface area contributed by atoms with Crippen molar-refractivity contribution in [2.24, 2.45) is 11.3 Å². The number of carboxylic acids is 1. The Labute approximate surface area is 153 Å². The molecule has 26 heavy (non-hydrogen) atoms. The molecule has 4 rings (SSSR count). The van der Waals surface area contributed by atoms with Crippen molar-refractivity contribution < 1.29 is 14.6 Å². The summed E-state index contributed by atoms with van der Waals surface area (Å²) in [4.78, 5) is 14.2. The Morgan fingerprint density at radius 2 is 2.23 bits per heavy atom. The minimum Gasteiger partial charge on any atom is -0.481 e. The normalized spacial score (nSPS) is 26.0. The smallest absolute Gasteiger partial charge is 0.313 e. The van der Waals surface area contributed by atoms with Gasteiger partial charge in [-0.1, -0.05) is 12.1 Å². The molecular weight excluding hydrogens is 330 g/mol. The van der Waals surface area contributed by atoms with E-state index in [1.165, 1.54) is 5.56 Å². The number of benzene rings is 1. The molecule has 0 aliphatic carbocycles. The van der Waals surface area contributed by atoms with Crippen LogP contribution in [0.2, 0.25) is 0 Å². The molecule has 0 radical (unpaired) electrons. The summed E-state index contributed by atoms with van der Waals surface area (Å²) in [6.07, 6.45) is 0.828. The Morgan fingerprint density at radius 3 is 2.92 bits per heavy atom. The Kier molecular flexibility index (Phi) is 4.32. The molecule has 1 N–H and O–H groups in total. The van der Waals surface area contributed by atoms with E-state index in [9.17, 15) is 9.90 Å². The zero-order chi connectivity index (χ0) is 18.3. The van der Waals surface area contributed by atoms with Crippen LogP contribution in [0, 0.1) is 25.2 Å². The first-order chi connectivity index (χ1) is 12.5. The van der Waals surface area contributed by atoms with E-state index in [4.69, 9.17) is 4.74 Å². The minimum atomic E-state index is -0.744. The van der Waals surface area contributed by atoms with Crippen molar-refractivity contribution in [3.8, 4) is 5.69 Å². The fourth-order valence-electron chi connectivity index (χ4n) is 4.45. The van der Waals surface area contributed by atoms with Crippen molar-refractivity contribution in [3.05, 3.63) is 47.3 Å². The molecule has 1 aromatic heterocycles. The van der Waals surface area contributed by atoms with Crippen LogP contribution in [-0.2, 0) is 16.1 Å². The average Bonchev–Trinajstić information content (AvgIpc) is 3.15. The summed E-state index contributed by atoms with van der Waals surface area (Å²) < 4.78 is 7.47. The second-order valence-electron chi connectivity index (χ2n) is 7.68. The van der Waals surface area contributed by atoms with E-state index in [1.807, 2.05) is 17.7 Å². The number of fused-ring (bicyclic) bond motifs is 1. The highest BCUT2D eigenvalue weighted by molar-refractivity contribution is 5.76. The Hall–Kier alpha value is -2.18. The molecule has 0 saturated carbocycles. The molecule has 2 fully saturated rings. The van der Waals surface area contributed by atoms with Gasteiger partial charge in [0.25, 0.3) is 0 Å². The summed E-state index contributed by atoms with van der Waals surface area (Å²) in [7, 11) is 0. The van der Waals surface area contributed by atoms with E-state index >= 15 is 0 Å². The number of ether oxygens (including phenoxy) is 1. The van der Waals surface area contributed by atoms with Gasteiger partial charge in [0, 0.05) is 31.9 Å². The first-order valence-electron chi connectivity index (χ1n) is 9.14. The van der Waals surface area contributed by atoms with Crippen molar-refractivity contribution >= 4 is 5.97 Å². The Bertz CT molecular complexity index is 831. The van der Waals surface area contributed by atoms with Gasteiger partial charge in [-0.25, -0.2) is 4.68 Å². The van der Waals surface area contributed by atoms with E-state index in [0.29, 0.717) is 19.8 Å². The number of hydrogen-bond acceptors (Lipinski definition) is 4. The Balaban J connectivity index is 1.54. The predicted molar refractivity (Wildman–Crippen MR) is 97.3 cm³/mol. The van der Waals surface area contributed by atoms with Crippen LogP contribution in [0.3, 0.4) is 0 Å². The number of aromatic nitrogens is 2. The quantitative estimate of drug-likeness (QED) is 0.912. The Morgan fingerprint density at radius 1 is 1.38 bits per heavy atom. The van der Waals surface area contributed by atoms with Gasteiger partial charge in [0.15, 0.2) is 0 Å². The van der Waals surface area contributed by atoms with Gasteiger partial charge in [-0.05, 0) is 49.9 Å². The lowest BCUT2D eigenvalue weighted by molar-refractivity contribution is -0.159. The van der Waals surface area contributed by atoms with Crippen molar-refractivity contribution in [1.29, 1.82) is 0 Å². The molecule has 2 aliphatic rings. The topological polar surface area (TPSA) is 67.6 Å². The van der Waals surface area contributed by atoms with Crippen LogP contribution in [-0.4, -0.2) is 52.1 Å². The summed E-state index contributed by atoms with van der Waals surface area (Å²) in [5.74, 6) is -0.547. The predicted octanol–water partition coefficient (Wildman–Crippen LogP) is 2.41. The minimum absolute atomic E-state index is 0.174. The number of aliphatic carboxylic acids is 1. The van der Waals surface area contributed by atoms with Crippen molar-refractivity contribution in [2.45, 2.75) is 26.8 Å². The van der Waals surface area contributed by atoms with Crippen LogP contribution in [0.25, 0.3) is 5.69 Å². The number of carboxylic acid groups (broad SMARTS) is 1. The highest BCUT2D eigenvalue weighted by Gasteiger charge is 2.53. The van der Waals surface area contributed by atoms with E-state index in [-0.39, 0.29) is 5.92 Å². The molecule has 3 heterocycles. The molecule has 138 valence electrons. The molecule has 2 aromatic rings. The summed E-state index contributed by atoms with van der Waals surface area (Å²) in [5.41, 5.74) is 3.58. The number of nitrogens with zero attached hydrogens (tertiary/aromatic N) is 3. The lowest BCUT2D eigenvalue weighted by atomic mass is 9.76. The van der Waals surface area contributed by atoms with Gasteiger partial charge in [0.2, 0.25) is 0 Å². The van der Waals surface area contributed by atoms with Gasteiger partial charge in [0.1, 0.15) is 5.41 Å². The molecule has 6 heteroatoms.